The molecule has 0 N–H and O–H groups in total. The van der Waals surface area contributed by atoms with Gasteiger partial charge in [0.2, 0.25) is 5.91 Å². The Bertz CT molecular complexity index is 551. The highest BCUT2D eigenvalue weighted by Gasteiger charge is 2.38. The molecule has 23 heavy (non-hydrogen) atoms. The average molecular weight is 324 g/mol. The topological polar surface area (TPSA) is 42.0 Å². The molecule has 1 fully saturated rings. The first kappa shape index (κ1) is 17.7. The summed E-state index contributed by atoms with van der Waals surface area (Å²) in [6, 6.07) is 4.88. The van der Waals surface area contributed by atoms with Crippen LogP contribution in [0.1, 0.15) is 5.56 Å². The Morgan fingerprint density at radius 1 is 1.35 bits per heavy atom. The van der Waals surface area contributed by atoms with E-state index in [4.69, 9.17) is 9.47 Å². The van der Waals surface area contributed by atoms with Crippen LogP contribution in [0.3, 0.4) is 0 Å². The summed E-state index contributed by atoms with van der Waals surface area (Å²) >= 11 is 0. The van der Waals surface area contributed by atoms with Crippen LogP contribution in [0, 0.1) is 17.7 Å². The number of rotatable bonds is 6. The zero-order valence-electron chi connectivity index (χ0n) is 14.2. The third-order valence-corrected chi connectivity index (χ3v) is 4.28. The van der Waals surface area contributed by atoms with E-state index in [0.717, 1.165) is 12.1 Å². The molecule has 0 aromatic heterocycles. The SMILES string of the molecule is COC[C@@H]1CN(Cc2ccc(F)c(OC)c2)C[C@H]1C(=O)N(C)C. The van der Waals surface area contributed by atoms with Gasteiger partial charge in [-0.1, -0.05) is 6.07 Å². The van der Waals surface area contributed by atoms with Crippen molar-refractivity contribution >= 4 is 5.91 Å². The third kappa shape index (κ3) is 4.20. The maximum atomic E-state index is 13.5. The molecule has 1 aliphatic rings. The molecule has 6 heteroatoms. The predicted octanol–water partition coefficient (Wildman–Crippen LogP) is 1.62. The van der Waals surface area contributed by atoms with Gasteiger partial charge in [0, 0.05) is 46.8 Å². The number of ether oxygens (including phenoxy) is 2. The van der Waals surface area contributed by atoms with Gasteiger partial charge in [-0.2, -0.15) is 0 Å². The molecule has 1 aromatic rings. The number of benzene rings is 1. The number of methoxy groups -OCH3 is 2. The second kappa shape index (κ2) is 7.75. The van der Waals surface area contributed by atoms with Gasteiger partial charge in [0.05, 0.1) is 19.6 Å². The summed E-state index contributed by atoms with van der Waals surface area (Å²) in [4.78, 5) is 16.2. The molecule has 0 radical (unpaired) electrons. The number of likely N-dealkylation sites (tertiary alicyclic amines) is 1. The number of carbonyl (C=O) groups excluding carboxylic acids is 1. The highest BCUT2D eigenvalue weighted by atomic mass is 19.1. The molecular weight excluding hydrogens is 299 g/mol. The van der Waals surface area contributed by atoms with Crippen LogP contribution >= 0.6 is 0 Å². The highest BCUT2D eigenvalue weighted by Crippen LogP contribution is 2.27. The maximum absolute atomic E-state index is 13.5. The van der Waals surface area contributed by atoms with Gasteiger partial charge < -0.3 is 14.4 Å². The Kier molecular flexibility index (Phi) is 5.96. The molecule has 2 atom stereocenters. The molecular formula is C17H25FN2O3. The molecule has 0 saturated carbocycles. The molecule has 0 bridgehead atoms. The molecule has 0 spiro atoms. The minimum absolute atomic E-state index is 0.0627. The summed E-state index contributed by atoms with van der Waals surface area (Å²) < 4.78 is 23.8. The maximum Gasteiger partial charge on any atom is 0.226 e. The van der Waals surface area contributed by atoms with Crippen LogP contribution in [0.15, 0.2) is 18.2 Å². The quantitative estimate of drug-likeness (QED) is 0.797. The lowest BCUT2D eigenvalue weighted by Crippen LogP contribution is -2.35. The molecule has 2 rings (SSSR count). The van der Waals surface area contributed by atoms with E-state index < -0.39 is 0 Å². The zero-order chi connectivity index (χ0) is 17.0. The van der Waals surface area contributed by atoms with Crippen molar-refractivity contribution in [1.82, 2.24) is 9.80 Å². The van der Waals surface area contributed by atoms with Gasteiger partial charge in [0.15, 0.2) is 11.6 Å². The normalized spacial score (nSPS) is 21.4. The van der Waals surface area contributed by atoms with E-state index in [1.54, 1.807) is 38.2 Å². The summed E-state index contributed by atoms with van der Waals surface area (Å²) in [5.41, 5.74) is 0.970. The molecule has 1 saturated heterocycles. The van der Waals surface area contributed by atoms with Crippen LogP contribution in [-0.4, -0.2) is 63.7 Å². The van der Waals surface area contributed by atoms with Crippen LogP contribution in [0.4, 0.5) is 4.39 Å². The van der Waals surface area contributed by atoms with Crippen LogP contribution in [0.5, 0.6) is 5.75 Å². The van der Waals surface area contributed by atoms with Crippen molar-refractivity contribution in [2.24, 2.45) is 11.8 Å². The highest BCUT2D eigenvalue weighted by molar-refractivity contribution is 5.79. The fourth-order valence-corrected chi connectivity index (χ4v) is 3.14. The van der Waals surface area contributed by atoms with Gasteiger partial charge in [-0.15, -0.1) is 0 Å². The van der Waals surface area contributed by atoms with Crippen molar-refractivity contribution in [1.29, 1.82) is 0 Å². The van der Waals surface area contributed by atoms with E-state index in [2.05, 4.69) is 4.90 Å². The van der Waals surface area contributed by atoms with Gasteiger partial charge in [0.25, 0.3) is 0 Å². The minimum Gasteiger partial charge on any atom is -0.494 e. The summed E-state index contributed by atoms with van der Waals surface area (Å²) in [6.07, 6.45) is 0. The molecule has 1 aliphatic heterocycles. The molecule has 128 valence electrons. The van der Waals surface area contributed by atoms with Crippen molar-refractivity contribution in [2.75, 3.05) is 48.0 Å². The average Bonchev–Trinajstić information content (AvgIpc) is 2.91. The standard InChI is InChI=1S/C17H25FN2O3/c1-19(2)17(21)14-10-20(9-13(14)11-22-3)8-12-5-6-15(18)16(7-12)23-4/h5-7,13-14H,8-11H2,1-4H3/t13-,14+/m0/s1. The first-order valence-electron chi connectivity index (χ1n) is 7.71. The predicted molar refractivity (Wildman–Crippen MR) is 85.8 cm³/mol. The molecule has 1 amide bonds. The van der Waals surface area contributed by atoms with E-state index >= 15 is 0 Å². The Labute approximate surface area is 137 Å². The van der Waals surface area contributed by atoms with Crippen LogP contribution in [0.2, 0.25) is 0 Å². The van der Waals surface area contributed by atoms with Gasteiger partial charge in [-0.3, -0.25) is 9.69 Å². The van der Waals surface area contributed by atoms with Crippen molar-refractivity contribution in [2.45, 2.75) is 6.54 Å². The van der Waals surface area contributed by atoms with E-state index in [1.807, 2.05) is 0 Å². The van der Waals surface area contributed by atoms with Crippen LogP contribution in [-0.2, 0) is 16.1 Å². The van der Waals surface area contributed by atoms with E-state index in [-0.39, 0.29) is 29.3 Å². The Balaban J connectivity index is 2.08. The lowest BCUT2D eigenvalue weighted by Gasteiger charge is -2.20. The van der Waals surface area contributed by atoms with Crippen molar-refractivity contribution in [3.8, 4) is 5.75 Å². The Morgan fingerprint density at radius 2 is 2.09 bits per heavy atom. The van der Waals surface area contributed by atoms with Gasteiger partial charge >= 0.3 is 0 Å². The number of amides is 1. The van der Waals surface area contributed by atoms with Crippen molar-refractivity contribution < 1.29 is 18.7 Å². The van der Waals surface area contributed by atoms with E-state index in [0.29, 0.717) is 19.7 Å². The molecule has 1 heterocycles. The zero-order valence-corrected chi connectivity index (χ0v) is 14.2. The lowest BCUT2D eigenvalue weighted by molar-refractivity contribution is -0.134. The smallest absolute Gasteiger partial charge is 0.226 e. The van der Waals surface area contributed by atoms with Crippen LogP contribution in [0.25, 0.3) is 0 Å². The summed E-state index contributed by atoms with van der Waals surface area (Å²) in [7, 11) is 6.67. The van der Waals surface area contributed by atoms with E-state index in [9.17, 15) is 9.18 Å². The Morgan fingerprint density at radius 3 is 2.70 bits per heavy atom. The monoisotopic (exact) mass is 324 g/mol. The number of hydrogen-bond donors (Lipinski definition) is 0. The number of nitrogens with zero attached hydrogens (tertiary/aromatic N) is 2. The number of halogens is 1. The molecule has 1 aromatic carbocycles. The minimum atomic E-state index is -0.365. The van der Waals surface area contributed by atoms with Crippen LogP contribution < -0.4 is 4.74 Å². The molecule has 0 unspecified atom stereocenters. The molecule has 5 nitrogen and oxygen atoms in total. The first-order chi connectivity index (χ1) is 11.0. The summed E-state index contributed by atoms with van der Waals surface area (Å²) in [6.45, 7) is 2.70. The Hall–Kier alpha value is -1.66. The van der Waals surface area contributed by atoms with E-state index in [1.165, 1.54) is 13.2 Å². The summed E-state index contributed by atoms with van der Waals surface area (Å²) in [5.74, 6) is 0.127. The molecule has 0 aliphatic carbocycles. The third-order valence-electron chi connectivity index (χ3n) is 4.28. The second-order valence-corrected chi connectivity index (χ2v) is 6.22. The summed E-state index contributed by atoms with van der Waals surface area (Å²) in [5, 5.41) is 0. The fourth-order valence-electron chi connectivity index (χ4n) is 3.14. The lowest BCUT2D eigenvalue weighted by atomic mass is 9.96. The second-order valence-electron chi connectivity index (χ2n) is 6.22. The fraction of sp³-hybridized carbons (Fsp3) is 0.588. The van der Waals surface area contributed by atoms with Gasteiger partial charge in [0.1, 0.15) is 0 Å². The van der Waals surface area contributed by atoms with Crippen molar-refractivity contribution in [3.63, 3.8) is 0 Å². The number of hydrogen-bond acceptors (Lipinski definition) is 4. The number of carbonyl (C=O) groups is 1. The first-order valence-corrected chi connectivity index (χ1v) is 7.71. The van der Waals surface area contributed by atoms with Gasteiger partial charge in [-0.05, 0) is 17.7 Å². The van der Waals surface area contributed by atoms with Crippen molar-refractivity contribution in [3.05, 3.63) is 29.6 Å². The van der Waals surface area contributed by atoms with Gasteiger partial charge in [-0.25, -0.2) is 4.39 Å². The largest absolute Gasteiger partial charge is 0.494 e.